The molecule has 0 radical (unpaired) electrons. The highest BCUT2D eigenvalue weighted by atomic mass is 35.5. The second kappa shape index (κ2) is 6.87. The van der Waals surface area contributed by atoms with Crippen LogP contribution in [0.15, 0.2) is 18.2 Å². The molecule has 1 aromatic rings. The van der Waals surface area contributed by atoms with Gasteiger partial charge in [-0.25, -0.2) is 8.42 Å². The van der Waals surface area contributed by atoms with E-state index in [9.17, 15) is 13.2 Å². The monoisotopic (exact) mass is 346 g/mol. The fourth-order valence-electron chi connectivity index (χ4n) is 1.92. The third kappa shape index (κ3) is 5.18. The zero-order valence-electron chi connectivity index (χ0n) is 13.6. The van der Waals surface area contributed by atoms with E-state index in [-0.39, 0.29) is 18.0 Å². The molecule has 0 aliphatic rings. The summed E-state index contributed by atoms with van der Waals surface area (Å²) in [5.41, 5.74) is 0.770. The molecule has 0 saturated carbocycles. The fraction of sp³-hybridized carbons (Fsp3) is 0.533. The van der Waals surface area contributed by atoms with Crippen LogP contribution in [0, 0.1) is 6.92 Å². The van der Waals surface area contributed by atoms with Gasteiger partial charge in [-0.3, -0.25) is 9.10 Å². The number of nitrogens with one attached hydrogen (secondary N) is 1. The molecule has 1 N–H and O–H groups in total. The van der Waals surface area contributed by atoms with Gasteiger partial charge in [-0.15, -0.1) is 0 Å². The van der Waals surface area contributed by atoms with Crippen LogP contribution in [0.4, 0.5) is 5.69 Å². The summed E-state index contributed by atoms with van der Waals surface area (Å²) in [6.07, 6.45) is 1.83. The average Bonchev–Trinajstić information content (AvgIpc) is 2.35. The summed E-state index contributed by atoms with van der Waals surface area (Å²) in [7, 11) is -3.58. The van der Waals surface area contributed by atoms with Gasteiger partial charge in [0.2, 0.25) is 15.9 Å². The molecule has 0 saturated heterocycles. The van der Waals surface area contributed by atoms with E-state index in [4.69, 9.17) is 11.6 Å². The van der Waals surface area contributed by atoms with E-state index in [0.717, 1.165) is 17.0 Å². The lowest BCUT2D eigenvalue weighted by molar-refractivity contribution is -0.121. The number of anilines is 1. The van der Waals surface area contributed by atoms with Gasteiger partial charge in [-0.2, -0.15) is 0 Å². The normalized spacial score (nSPS) is 12.1. The van der Waals surface area contributed by atoms with Gasteiger partial charge in [0.15, 0.2) is 0 Å². The smallest absolute Gasteiger partial charge is 0.241 e. The summed E-state index contributed by atoms with van der Waals surface area (Å²) in [4.78, 5) is 12.2. The third-order valence-electron chi connectivity index (χ3n) is 3.48. The summed E-state index contributed by atoms with van der Waals surface area (Å²) in [6, 6.07) is 4.88. The molecule has 1 amide bonds. The molecule has 5 nitrogen and oxygen atoms in total. The molecule has 22 heavy (non-hydrogen) atoms. The number of carbonyl (C=O) groups excluding carboxylic acids is 1. The van der Waals surface area contributed by atoms with Gasteiger partial charge in [-0.1, -0.05) is 18.5 Å². The topological polar surface area (TPSA) is 66.5 Å². The molecule has 0 bridgehead atoms. The Bertz CT molecular complexity index is 657. The first-order chi connectivity index (χ1) is 9.96. The lowest BCUT2D eigenvalue weighted by atomic mass is 10.0. The van der Waals surface area contributed by atoms with Crippen molar-refractivity contribution in [2.75, 3.05) is 17.1 Å². The maximum Gasteiger partial charge on any atom is 0.241 e. The summed E-state index contributed by atoms with van der Waals surface area (Å²) in [6.45, 7) is 7.24. The zero-order chi connectivity index (χ0) is 17.1. The molecule has 124 valence electrons. The number of rotatable bonds is 6. The summed E-state index contributed by atoms with van der Waals surface area (Å²) < 4.78 is 25.2. The number of carbonyl (C=O) groups is 1. The standard InChI is InChI=1S/C15H23ClN2O3S/c1-6-15(3,4)17-14(19)10-18(22(5,20)21)13-8-7-12(16)9-11(13)2/h7-9H,6,10H2,1-5H3,(H,17,19). The van der Waals surface area contributed by atoms with Crippen LogP contribution in [-0.2, 0) is 14.8 Å². The lowest BCUT2D eigenvalue weighted by Crippen LogP contribution is -2.48. The van der Waals surface area contributed by atoms with Crippen LogP contribution in [0.1, 0.15) is 32.8 Å². The van der Waals surface area contributed by atoms with E-state index < -0.39 is 10.0 Å². The molecule has 0 aliphatic heterocycles. The molecule has 0 aromatic heterocycles. The van der Waals surface area contributed by atoms with E-state index >= 15 is 0 Å². The predicted octanol–water partition coefficient (Wildman–Crippen LogP) is 2.72. The van der Waals surface area contributed by atoms with E-state index in [1.807, 2.05) is 20.8 Å². The number of nitrogens with zero attached hydrogens (tertiary/aromatic N) is 1. The number of halogens is 1. The van der Waals surface area contributed by atoms with Crippen LogP contribution in [0.2, 0.25) is 5.02 Å². The first kappa shape index (κ1) is 18.8. The van der Waals surface area contributed by atoms with Crippen molar-refractivity contribution < 1.29 is 13.2 Å². The Hall–Kier alpha value is -1.27. The zero-order valence-corrected chi connectivity index (χ0v) is 15.2. The summed E-state index contributed by atoms with van der Waals surface area (Å²) in [5, 5.41) is 3.36. The number of benzene rings is 1. The van der Waals surface area contributed by atoms with Crippen LogP contribution in [0.3, 0.4) is 0 Å². The number of sulfonamides is 1. The highest BCUT2D eigenvalue weighted by molar-refractivity contribution is 7.92. The molecule has 0 aliphatic carbocycles. The summed E-state index contributed by atoms with van der Waals surface area (Å²) >= 11 is 5.90. The molecule has 1 aromatic carbocycles. The SMILES string of the molecule is CCC(C)(C)NC(=O)CN(c1ccc(Cl)cc1C)S(C)(=O)=O. The van der Waals surface area contributed by atoms with E-state index in [1.165, 1.54) is 0 Å². The average molecular weight is 347 g/mol. The van der Waals surface area contributed by atoms with Gasteiger partial charge in [0.1, 0.15) is 6.54 Å². The highest BCUT2D eigenvalue weighted by Gasteiger charge is 2.25. The Morgan fingerprint density at radius 2 is 1.95 bits per heavy atom. The van der Waals surface area contributed by atoms with Crippen LogP contribution in [0.5, 0.6) is 0 Å². The van der Waals surface area contributed by atoms with Crippen molar-refractivity contribution in [2.45, 2.75) is 39.7 Å². The van der Waals surface area contributed by atoms with Crippen molar-refractivity contribution >= 4 is 33.2 Å². The van der Waals surface area contributed by atoms with Crippen LogP contribution < -0.4 is 9.62 Å². The number of hydrogen-bond donors (Lipinski definition) is 1. The molecule has 7 heteroatoms. The van der Waals surface area contributed by atoms with Gasteiger partial charge < -0.3 is 5.32 Å². The Kier molecular flexibility index (Phi) is 5.87. The van der Waals surface area contributed by atoms with Crippen LogP contribution in [-0.4, -0.2) is 32.7 Å². The van der Waals surface area contributed by atoms with Crippen molar-refractivity contribution in [2.24, 2.45) is 0 Å². The molecule has 0 heterocycles. The van der Waals surface area contributed by atoms with Crippen molar-refractivity contribution in [3.8, 4) is 0 Å². The first-order valence-corrected chi connectivity index (χ1v) is 9.24. The Balaban J connectivity index is 3.09. The minimum Gasteiger partial charge on any atom is -0.350 e. The van der Waals surface area contributed by atoms with Crippen LogP contribution in [0.25, 0.3) is 0 Å². The molecule has 0 atom stereocenters. The third-order valence-corrected chi connectivity index (χ3v) is 4.84. The van der Waals surface area contributed by atoms with Crippen LogP contribution >= 0.6 is 11.6 Å². The molecule has 0 unspecified atom stereocenters. The van der Waals surface area contributed by atoms with E-state index in [0.29, 0.717) is 16.3 Å². The van der Waals surface area contributed by atoms with Crippen molar-refractivity contribution in [3.63, 3.8) is 0 Å². The summed E-state index contributed by atoms with van der Waals surface area (Å²) in [5.74, 6) is -0.341. The second-order valence-electron chi connectivity index (χ2n) is 5.99. The molecule has 0 spiro atoms. The van der Waals surface area contributed by atoms with Gasteiger partial charge in [0.05, 0.1) is 11.9 Å². The maximum absolute atomic E-state index is 12.2. The van der Waals surface area contributed by atoms with Gasteiger partial charge in [0, 0.05) is 10.6 Å². The quantitative estimate of drug-likeness (QED) is 0.861. The largest absolute Gasteiger partial charge is 0.350 e. The van der Waals surface area contributed by atoms with Gasteiger partial charge in [0.25, 0.3) is 0 Å². The van der Waals surface area contributed by atoms with E-state index in [1.54, 1.807) is 25.1 Å². The number of aryl methyl sites for hydroxylation is 1. The molecule has 0 fully saturated rings. The molecule has 1 rings (SSSR count). The van der Waals surface area contributed by atoms with Gasteiger partial charge in [-0.05, 0) is 51.0 Å². The highest BCUT2D eigenvalue weighted by Crippen LogP contribution is 2.25. The first-order valence-electron chi connectivity index (χ1n) is 7.01. The second-order valence-corrected chi connectivity index (χ2v) is 8.33. The number of hydrogen-bond acceptors (Lipinski definition) is 3. The van der Waals surface area contributed by atoms with Gasteiger partial charge >= 0.3 is 0 Å². The van der Waals surface area contributed by atoms with Crippen molar-refractivity contribution in [3.05, 3.63) is 28.8 Å². The Morgan fingerprint density at radius 3 is 2.41 bits per heavy atom. The lowest BCUT2D eigenvalue weighted by Gasteiger charge is -2.28. The molecular formula is C15H23ClN2O3S. The van der Waals surface area contributed by atoms with Crippen molar-refractivity contribution in [1.82, 2.24) is 5.32 Å². The minimum absolute atomic E-state index is 0.259. The predicted molar refractivity (Wildman–Crippen MR) is 90.9 cm³/mol. The minimum atomic E-state index is -3.58. The molecular weight excluding hydrogens is 324 g/mol. The van der Waals surface area contributed by atoms with Crippen molar-refractivity contribution in [1.29, 1.82) is 0 Å². The van der Waals surface area contributed by atoms with E-state index in [2.05, 4.69) is 5.32 Å². The Labute approximate surface area is 137 Å². The maximum atomic E-state index is 12.2. The number of amides is 1. The Morgan fingerprint density at radius 1 is 1.36 bits per heavy atom. The fourth-order valence-corrected chi connectivity index (χ4v) is 3.06.